The van der Waals surface area contributed by atoms with Gasteiger partial charge < -0.3 is 4.74 Å². The first kappa shape index (κ1) is 13.8. The van der Waals surface area contributed by atoms with Crippen LogP contribution in [0.25, 0.3) is 0 Å². The zero-order valence-corrected chi connectivity index (χ0v) is 12.5. The number of carbonyl (C=O) groups is 2. The number of esters is 1. The van der Waals surface area contributed by atoms with Crippen molar-refractivity contribution in [2.75, 3.05) is 7.11 Å². The standard InChI is InChI=1S/C17H24O3/c1-17-8-6-11-4-3-5-12(16(19)20-2)13(11)10-14(17)15(18)7-9-17/h10-13H,3-9H2,1-2H3/t11-,12-,13+,17+/m0/s1. The fraction of sp³-hybridized carbons (Fsp3) is 0.765. The Morgan fingerprint density at radius 3 is 2.85 bits per heavy atom. The Labute approximate surface area is 120 Å². The molecule has 4 atom stereocenters. The summed E-state index contributed by atoms with van der Waals surface area (Å²) in [5, 5.41) is 0. The second kappa shape index (κ2) is 5.01. The molecular weight excluding hydrogens is 252 g/mol. The summed E-state index contributed by atoms with van der Waals surface area (Å²) in [5.41, 5.74) is 1.08. The Bertz CT molecular complexity index is 465. The molecule has 0 unspecified atom stereocenters. The summed E-state index contributed by atoms with van der Waals surface area (Å²) in [7, 11) is 1.47. The van der Waals surface area contributed by atoms with Crippen LogP contribution in [-0.4, -0.2) is 18.9 Å². The van der Waals surface area contributed by atoms with Crippen molar-refractivity contribution in [2.24, 2.45) is 23.2 Å². The molecule has 0 aromatic carbocycles. The Morgan fingerprint density at radius 1 is 1.30 bits per heavy atom. The van der Waals surface area contributed by atoms with E-state index in [-0.39, 0.29) is 23.2 Å². The monoisotopic (exact) mass is 276 g/mol. The van der Waals surface area contributed by atoms with Gasteiger partial charge in [-0.15, -0.1) is 0 Å². The molecule has 0 spiro atoms. The van der Waals surface area contributed by atoms with E-state index < -0.39 is 0 Å². The predicted octanol–water partition coefficient (Wildman–Crippen LogP) is 3.28. The zero-order valence-electron chi connectivity index (χ0n) is 12.5. The lowest BCUT2D eigenvalue weighted by molar-refractivity contribution is -0.148. The van der Waals surface area contributed by atoms with Crippen molar-refractivity contribution in [1.82, 2.24) is 0 Å². The quantitative estimate of drug-likeness (QED) is 0.690. The van der Waals surface area contributed by atoms with Gasteiger partial charge in [0.2, 0.25) is 0 Å². The zero-order chi connectivity index (χ0) is 14.3. The lowest BCUT2D eigenvalue weighted by Crippen LogP contribution is -2.33. The van der Waals surface area contributed by atoms with Crippen LogP contribution in [0.15, 0.2) is 11.6 Å². The van der Waals surface area contributed by atoms with Gasteiger partial charge in [0.1, 0.15) is 0 Å². The van der Waals surface area contributed by atoms with E-state index in [0.29, 0.717) is 18.1 Å². The third-order valence-electron chi connectivity index (χ3n) is 5.88. The summed E-state index contributed by atoms with van der Waals surface area (Å²) >= 11 is 0. The van der Waals surface area contributed by atoms with Gasteiger partial charge in [0.15, 0.2) is 5.78 Å². The number of allylic oxidation sites excluding steroid dienone is 2. The van der Waals surface area contributed by atoms with Crippen LogP contribution in [-0.2, 0) is 14.3 Å². The van der Waals surface area contributed by atoms with Crippen molar-refractivity contribution >= 4 is 11.8 Å². The maximum Gasteiger partial charge on any atom is 0.309 e. The first-order valence-corrected chi connectivity index (χ1v) is 7.88. The highest BCUT2D eigenvalue weighted by molar-refractivity contribution is 5.99. The average molecular weight is 276 g/mol. The van der Waals surface area contributed by atoms with Crippen molar-refractivity contribution in [3.8, 4) is 0 Å². The van der Waals surface area contributed by atoms with Gasteiger partial charge >= 0.3 is 5.97 Å². The maximum atomic E-state index is 12.2. The van der Waals surface area contributed by atoms with Crippen molar-refractivity contribution in [2.45, 2.75) is 51.9 Å². The van der Waals surface area contributed by atoms with Crippen molar-refractivity contribution < 1.29 is 14.3 Å². The molecule has 0 amide bonds. The van der Waals surface area contributed by atoms with E-state index in [1.54, 1.807) is 0 Å². The molecule has 3 nitrogen and oxygen atoms in total. The molecular formula is C17H24O3. The maximum absolute atomic E-state index is 12.2. The highest BCUT2D eigenvalue weighted by Crippen LogP contribution is 2.51. The normalized spacial score (nSPS) is 40.4. The molecule has 2 fully saturated rings. The van der Waals surface area contributed by atoms with Gasteiger partial charge in [-0.3, -0.25) is 9.59 Å². The van der Waals surface area contributed by atoms with Crippen LogP contribution in [0.1, 0.15) is 51.9 Å². The average Bonchev–Trinajstić information content (AvgIpc) is 2.65. The number of carbonyl (C=O) groups excluding carboxylic acids is 2. The van der Waals surface area contributed by atoms with Crippen LogP contribution in [0.5, 0.6) is 0 Å². The minimum atomic E-state index is -0.0920. The molecule has 0 heterocycles. The summed E-state index contributed by atoms with van der Waals surface area (Å²) in [6, 6.07) is 0. The number of hydrogen-bond acceptors (Lipinski definition) is 3. The van der Waals surface area contributed by atoms with E-state index in [1.807, 2.05) is 0 Å². The highest BCUT2D eigenvalue weighted by Gasteiger charge is 2.46. The second-order valence-electron chi connectivity index (χ2n) is 7.00. The van der Waals surface area contributed by atoms with Crippen LogP contribution in [0.4, 0.5) is 0 Å². The molecule has 3 aliphatic rings. The first-order chi connectivity index (χ1) is 9.55. The molecule has 0 N–H and O–H groups in total. The fourth-order valence-electron chi connectivity index (χ4n) is 4.57. The van der Waals surface area contributed by atoms with Crippen LogP contribution in [0.2, 0.25) is 0 Å². The van der Waals surface area contributed by atoms with Crippen LogP contribution in [0, 0.1) is 23.2 Å². The number of ketones is 1. The summed E-state index contributed by atoms with van der Waals surface area (Å²) in [5.74, 6) is 0.945. The van der Waals surface area contributed by atoms with E-state index in [1.165, 1.54) is 13.5 Å². The Morgan fingerprint density at radius 2 is 2.10 bits per heavy atom. The molecule has 110 valence electrons. The SMILES string of the molecule is COC(=O)[C@H]1CCC[C@H]2CC[C@]3(C)CCC(=O)C3=C[C@H]21. The van der Waals surface area contributed by atoms with Crippen LogP contribution < -0.4 is 0 Å². The Hall–Kier alpha value is -1.12. The largest absolute Gasteiger partial charge is 0.469 e. The lowest BCUT2D eigenvalue weighted by atomic mass is 9.70. The number of hydrogen-bond donors (Lipinski definition) is 0. The summed E-state index contributed by atoms with van der Waals surface area (Å²) in [4.78, 5) is 24.3. The Kier molecular flexibility index (Phi) is 3.47. The molecule has 3 rings (SSSR count). The molecule has 0 aromatic heterocycles. The fourth-order valence-corrected chi connectivity index (χ4v) is 4.57. The topological polar surface area (TPSA) is 43.4 Å². The van der Waals surface area contributed by atoms with Crippen molar-refractivity contribution in [3.05, 3.63) is 11.6 Å². The molecule has 20 heavy (non-hydrogen) atoms. The van der Waals surface area contributed by atoms with Gasteiger partial charge in [-0.25, -0.2) is 0 Å². The van der Waals surface area contributed by atoms with Gasteiger partial charge in [0.05, 0.1) is 13.0 Å². The molecule has 0 aliphatic heterocycles. The molecule has 3 aliphatic carbocycles. The number of rotatable bonds is 1. The smallest absolute Gasteiger partial charge is 0.309 e. The number of ether oxygens (including phenoxy) is 1. The van der Waals surface area contributed by atoms with E-state index in [0.717, 1.165) is 37.7 Å². The predicted molar refractivity (Wildman–Crippen MR) is 76.0 cm³/mol. The van der Waals surface area contributed by atoms with Gasteiger partial charge in [0.25, 0.3) is 0 Å². The van der Waals surface area contributed by atoms with Crippen LogP contribution in [0.3, 0.4) is 0 Å². The van der Waals surface area contributed by atoms with E-state index in [4.69, 9.17) is 4.74 Å². The van der Waals surface area contributed by atoms with E-state index >= 15 is 0 Å². The van der Waals surface area contributed by atoms with Crippen molar-refractivity contribution in [1.29, 1.82) is 0 Å². The summed E-state index contributed by atoms with van der Waals surface area (Å²) in [6.07, 6.45) is 9.28. The second-order valence-corrected chi connectivity index (χ2v) is 7.00. The summed E-state index contributed by atoms with van der Waals surface area (Å²) < 4.78 is 4.99. The van der Waals surface area contributed by atoms with Gasteiger partial charge in [-0.1, -0.05) is 19.4 Å². The minimum Gasteiger partial charge on any atom is -0.469 e. The number of fused-ring (bicyclic) bond motifs is 2. The first-order valence-electron chi connectivity index (χ1n) is 7.88. The lowest BCUT2D eigenvalue weighted by Gasteiger charge is -2.34. The van der Waals surface area contributed by atoms with Gasteiger partial charge in [-0.05, 0) is 54.9 Å². The highest BCUT2D eigenvalue weighted by atomic mass is 16.5. The Balaban J connectivity index is 1.97. The molecule has 3 heteroatoms. The van der Waals surface area contributed by atoms with Crippen molar-refractivity contribution in [3.63, 3.8) is 0 Å². The van der Waals surface area contributed by atoms with E-state index in [2.05, 4.69) is 13.0 Å². The van der Waals surface area contributed by atoms with Gasteiger partial charge in [-0.2, -0.15) is 0 Å². The molecule has 2 saturated carbocycles. The molecule has 0 bridgehead atoms. The molecule has 0 radical (unpaired) electrons. The third kappa shape index (κ3) is 2.11. The third-order valence-corrected chi connectivity index (χ3v) is 5.88. The minimum absolute atomic E-state index is 0.0398. The van der Waals surface area contributed by atoms with Gasteiger partial charge in [0, 0.05) is 6.42 Å². The molecule has 0 saturated heterocycles. The molecule has 0 aromatic rings. The number of methoxy groups -OCH3 is 1. The van der Waals surface area contributed by atoms with E-state index in [9.17, 15) is 9.59 Å². The number of Topliss-reactive ketones (excluding diaryl/α,β-unsaturated/α-hetero) is 1. The van der Waals surface area contributed by atoms with Crippen LogP contribution >= 0.6 is 0 Å². The summed E-state index contributed by atoms with van der Waals surface area (Å²) in [6.45, 7) is 2.23.